The van der Waals surface area contributed by atoms with Crippen LogP contribution in [-0.4, -0.2) is 21.9 Å². The molecule has 0 bridgehead atoms. The summed E-state index contributed by atoms with van der Waals surface area (Å²) in [7, 11) is 0. The minimum absolute atomic E-state index is 0.0126. The van der Waals surface area contributed by atoms with Crippen molar-refractivity contribution in [2.75, 3.05) is 16.8 Å². The SMILES string of the molecule is Nc1nnc(SCCC(=O)Nc2cccc3ccccc23)s1. The molecule has 0 atom stereocenters. The van der Waals surface area contributed by atoms with Crippen molar-refractivity contribution in [1.29, 1.82) is 0 Å². The maximum Gasteiger partial charge on any atom is 0.225 e. The first-order valence-corrected chi connectivity index (χ1v) is 8.52. The molecule has 0 saturated heterocycles. The van der Waals surface area contributed by atoms with Gasteiger partial charge in [-0.25, -0.2) is 0 Å². The molecular formula is C15H14N4OS2. The van der Waals surface area contributed by atoms with E-state index in [2.05, 4.69) is 15.5 Å². The lowest BCUT2D eigenvalue weighted by molar-refractivity contribution is -0.115. The molecule has 0 fully saturated rings. The van der Waals surface area contributed by atoms with Gasteiger partial charge in [-0.15, -0.1) is 10.2 Å². The minimum Gasteiger partial charge on any atom is -0.374 e. The van der Waals surface area contributed by atoms with Gasteiger partial charge >= 0.3 is 0 Å². The van der Waals surface area contributed by atoms with Crippen molar-refractivity contribution in [2.45, 2.75) is 10.8 Å². The van der Waals surface area contributed by atoms with Crippen molar-refractivity contribution in [3.8, 4) is 0 Å². The van der Waals surface area contributed by atoms with Crippen molar-refractivity contribution in [3.05, 3.63) is 42.5 Å². The van der Waals surface area contributed by atoms with E-state index >= 15 is 0 Å². The molecule has 0 aliphatic heterocycles. The van der Waals surface area contributed by atoms with Gasteiger partial charge in [0.05, 0.1) is 0 Å². The van der Waals surface area contributed by atoms with Crippen LogP contribution in [0.3, 0.4) is 0 Å². The largest absolute Gasteiger partial charge is 0.374 e. The fraction of sp³-hybridized carbons (Fsp3) is 0.133. The third kappa shape index (κ3) is 3.55. The normalized spacial score (nSPS) is 10.7. The van der Waals surface area contributed by atoms with E-state index in [1.807, 2.05) is 42.5 Å². The first kappa shape index (κ1) is 14.8. The Morgan fingerprint density at radius 3 is 2.82 bits per heavy atom. The van der Waals surface area contributed by atoms with Crippen molar-refractivity contribution in [1.82, 2.24) is 10.2 Å². The summed E-state index contributed by atoms with van der Waals surface area (Å²) in [4.78, 5) is 12.1. The van der Waals surface area contributed by atoms with E-state index in [0.29, 0.717) is 17.3 Å². The molecule has 0 aliphatic rings. The number of nitrogens with two attached hydrogens (primary N) is 1. The Morgan fingerprint density at radius 1 is 1.18 bits per heavy atom. The van der Waals surface area contributed by atoms with E-state index in [-0.39, 0.29) is 5.91 Å². The summed E-state index contributed by atoms with van der Waals surface area (Å²) in [5.74, 6) is 0.631. The van der Waals surface area contributed by atoms with Crippen LogP contribution in [0, 0.1) is 0 Å². The lowest BCUT2D eigenvalue weighted by Gasteiger charge is -2.08. The number of thioether (sulfide) groups is 1. The van der Waals surface area contributed by atoms with Crippen LogP contribution in [0.15, 0.2) is 46.8 Å². The van der Waals surface area contributed by atoms with Crippen LogP contribution in [0.2, 0.25) is 0 Å². The third-order valence-corrected chi connectivity index (χ3v) is 4.93. The molecule has 3 rings (SSSR count). The predicted molar refractivity (Wildman–Crippen MR) is 92.2 cm³/mol. The summed E-state index contributed by atoms with van der Waals surface area (Å²) < 4.78 is 0.787. The van der Waals surface area contributed by atoms with Gasteiger partial charge in [0.2, 0.25) is 11.0 Å². The van der Waals surface area contributed by atoms with Gasteiger partial charge in [0.1, 0.15) is 0 Å². The molecule has 0 unspecified atom stereocenters. The van der Waals surface area contributed by atoms with Crippen LogP contribution < -0.4 is 11.1 Å². The first-order valence-electron chi connectivity index (χ1n) is 6.72. The number of fused-ring (bicyclic) bond motifs is 1. The Bertz CT molecular complexity index is 798. The number of aromatic nitrogens is 2. The van der Waals surface area contributed by atoms with Crippen LogP contribution in [0.25, 0.3) is 10.8 Å². The highest BCUT2D eigenvalue weighted by Gasteiger charge is 2.07. The molecule has 0 spiro atoms. The van der Waals surface area contributed by atoms with Crippen molar-refractivity contribution in [3.63, 3.8) is 0 Å². The standard InChI is InChI=1S/C15H14N4OS2/c16-14-18-19-15(22-14)21-9-8-13(20)17-12-7-3-5-10-4-1-2-6-11(10)12/h1-7H,8-9H2,(H2,16,18)(H,17,20). The summed E-state index contributed by atoms with van der Waals surface area (Å²) in [6, 6.07) is 13.9. The summed E-state index contributed by atoms with van der Waals surface area (Å²) >= 11 is 2.82. The van der Waals surface area contributed by atoms with Gasteiger partial charge in [-0.1, -0.05) is 59.5 Å². The van der Waals surface area contributed by atoms with Crippen LogP contribution in [0.5, 0.6) is 0 Å². The number of benzene rings is 2. The number of carbonyl (C=O) groups excluding carboxylic acids is 1. The number of hydrogen-bond donors (Lipinski definition) is 2. The van der Waals surface area contributed by atoms with Gasteiger partial charge in [-0.2, -0.15) is 0 Å². The van der Waals surface area contributed by atoms with Crippen molar-refractivity contribution < 1.29 is 4.79 Å². The second kappa shape index (κ2) is 6.76. The second-order valence-electron chi connectivity index (χ2n) is 4.58. The lowest BCUT2D eigenvalue weighted by Crippen LogP contribution is -2.12. The van der Waals surface area contributed by atoms with Crippen LogP contribution in [0.4, 0.5) is 10.8 Å². The third-order valence-electron chi connectivity index (χ3n) is 3.04. The predicted octanol–water partition coefficient (Wildman–Crippen LogP) is 3.39. The highest BCUT2D eigenvalue weighted by molar-refractivity contribution is 8.01. The topological polar surface area (TPSA) is 80.9 Å². The average Bonchev–Trinajstić information content (AvgIpc) is 2.93. The smallest absolute Gasteiger partial charge is 0.225 e. The number of nitrogen functional groups attached to an aromatic ring is 1. The Kier molecular flexibility index (Phi) is 4.55. The molecule has 3 N–H and O–H groups in total. The van der Waals surface area contributed by atoms with Gasteiger partial charge in [-0.3, -0.25) is 4.79 Å². The zero-order chi connectivity index (χ0) is 15.4. The van der Waals surface area contributed by atoms with Gasteiger partial charge in [-0.05, 0) is 11.5 Å². The maximum atomic E-state index is 12.1. The monoisotopic (exact) mass is 330 g/mol. The summed E-state index contributed by atoms with van der Waals surface area (Å²) in [6.45, 7) is 0. The number of amides is 1. The van der Waals surface area contributed by atoms with Gasteiger partial charge in [0.25, 0.3) is 0 Å². The molecule has 7 heteroatoms. The number of hydrogen-bond acceptors (Lipinski definition) is 6. The molecule has 3 aromatic rings. The van der Waals surface area contributed by atoms with E-state index in [4.69, 9.17) is 5.73 Å². The quantitative estimate of drug-likeness (QED) is 0.701. The number of nitrogens with zero attached hydrogens (tertiary/aromatic N) is 2. The van der Waals surface area contributed by atoms with E-state index in [9.17, 15) is 4.79 Å². The number of rotatable bonds is 5. The number of nitrogens with one attached hydrogen (secondary N) is 1. The number of carbonyl (C=O) groups is 1. The highest BCUT2D eigenvalue weighted by Crippen LogP contribution is 2.25. The van der Waals surface area contributed by atoms with Crippen LogP contribution >= 0.6 is 23.1 Å². The van der Waals surface area contributed by atoms with E-state index in [1.54, 1.807) is 0 Å². The van der Waals surface area contributed by atoms with Crippen LogP contribution in [0.1, 0.15) is 6.42 Å². The summed E-state index contributed by atoms with van der Waals surface area (Å²) in [5.41, 5.74) is 6.36. The number of anilines is 2. The Labute approximate surface area is 135 Å². The summed E-state index contributed by atoms with van der Waals surface area (Å²) in [5, 5.41) is 13.2. The zero-order valence-electron chi connectivity index (χ0n) is 11.7. The lowest BCUT2D eigenvalue weighted by atomic mass is 10.1. The second-order valence-corrected chi connectivity index (χ2v) is 6.93. The molecule has 2 aromatic carbocycles. The van der Waals surface area contributed by atoms with Gasteiger partial charge < -0.3 is 11.1 Å². The fourth-order valence-corrected chi connectivity index (χ4v) is 3.70. The first-order chi connectivity index (χ1) is 10.7. The Morgan fingerprint density at radius 2 is 2.00 bits per heavy atom. The fourth-order valence-electron chi connectivity index (χ4n) is 2.06. The maximum absolute atomic E-state index is 12.1. The van der Waals surface area contributed by atoms with E-state index < -0.39 is 0 Å². The molecule has 22 heavy (non-hydrogen) atoms. The van der Waals surface area contributed by atoms with Crippen molar-refractivity contribution in [2.24, 2.45) is 0 Å². The molecule has 112 valence electrons. The minimum atomic E-state index is -0.0126. The molecule has 0 radical (unpaired) electrons. The van der Waals surface area contributed by atoms with Crippen molar-refractivity contribution >= 4 is 50.6 Å². The molecule has 1 aromatic heterocycles. The Balaban J connectivity index is 1.59. The highest BCUT2D eigenvalue weighted by atomic mass is 32.2. The molecule has 1 amide bonds. The average molecular weight is 330 g/mol. The Hall–Kier alpha value is -2.12. The molecular weight excluding hydrogens is 316 g/mol. The molecule has 1 heterocycles. The van der Waals surface area contributed by atoms with Gasteiger partial charge in [0, 0.05) is 23.2 Å². The van der Waals surface area contributed by atoms with E-state index in [1.165, 1.54) is 23.1 Å². The van der Waals surface area contributed by atoms with Gasteiger partial charge in [0.15, 0.2) is 4.34 Å². The molecule has 5 nitrogen and oxygen atoms in total. The zero-order valence-corrected chi connectivity index (χ0v) is 13.3. The summed E-state index contributed by atoms with van der Waals surface area (Å²) in [6.07, 6.45) is 0.410. The molecule has 0 saturated carbocycles. The van der Waals surface area contributed by atoms with Crippen LogP contribution in [-0.2, 0) is 4.79 Å². The van der Waals surface area contributed by atoms with E-state index in [0.717, 1.165) is 20.8 Å². The molecule has 0 aliphatic carbocycles.